The number of carbonyl (C=O) groups excluding carboxylic acids is 1. The molecule has 4 rings (SSSR count). The van der Waals surface area contributed by atoms with Crippen LogP contribution in [0.3, 0.4) is 0 Å². The van der Waals surface area contributed by atoms with E-state index in [-0.39, 0.29) is 11.8 Å². The molecule has 2 aliphatic heterocycles. The van der Waals surface area contributed by atoms with E-state index in [1.54, 1.807) is 7.11 Å². The number of anilines is 1. The van der Waals surface area contributed by atoms with Crippen molar-refractivity contribution < 1.29 is 14.1 Å². The smallest absolute Gasteiger partial charge is 0.324 e. The van der Waals surface area contributed by atoms with Crippen LogP contribution in [0.4, 0.5) is 6.01 Å². The van der Waals surface area contributed by atoms with Crippen LogP contribution in [-0.4, -0.2) is 92.4 Å². The van der Waals surface area contributed by atoms with Crippen molar-refractivity contribution in [2.24, 2.45) is 5.92 Å². The minimum atomic E-state index is -0.0578. The van der Waals surface area contributed by atoms with Crippen molar-refractivity contribution in [3.8, 4) is 17.1 Å². The van der Waals surface area contributed by atoms with E-state index in [4.69, 9.17) is 9.26 Å². The maximum Gasteiger partial charge on any atom is 0.324 e. The number of hydrogen-bond donors (Lipinski definition) is 1. The van der Waals surface area contributed by atoms with Crippen molar-refractivity contribution >= 4 is 11.9 Å². The summed E-state index contributed by atoms with van der Waals surface area (Å²) in [6.07, 6.45) is 1.81. The summed E-state index contributed by atoms with van der Waals surface area (Å²) in [5.74, 6) is 1.38. The van der Waals surface area contributed by atoms with Gasteiger partial charge >= 0.3 is 6.01 Å². The van der Waals surface area contributed by atoms with Gasteiger partial charge < -0.3 is 24.4 Å². The maximum atomic E-state index is 12.7. The molecule has 1 N–H and O–H groups in total. The Balaban J connectivity index is 1.28. The molecule has 9 nitrogen and oxygen atoms in total. The van der Waals surface area contributed by atoms with Gasteiger partial charge in [-0.3, -0.25) is 9.69 Å². The Kier molecular flexibility index (Phi) is 7.03. The zero-order chi connectivity index (χ0) is 21.6. The molecule has 1 aromatic carbocycles. The second-order valence-corrected chi connectivity index (χ2v) is 8.35. The third-order valence-electron chi connectivity index (χ3n) is 6.15. The molecule has 0 radical (unpaired) electrons. The van der Waals surface area contributed by atoms with Crippen LogP contribution in [-0.2, 0) is 4.79 Å². The zero-order valence-electron chi connectivity index (χ0n) is 18.4. The van der Waals surface area contributed by atoms with Crippen LogP contribution in [0.2, 0.25) is 0 Å². The lowest BCUT2D eigenvalue weighted by Crippen LogP contribution is -2.48. The normalized spacial score (nSPS) is 20.6. The van der Waals surface area contributed by atoms with Gasteiger partial charge in [-0.1, -0.05) is 5.16 Å². The Hall–Kier alpha value is -2.65. The molecule has 1 aromatic heterocycles. The first kappa shape index (κ1) is 21.6. The molecule has 0 saturated carbocycles. The number of likely N-dealkylation sites (N-methyl/N-ethyl adjacent to an activating group) is 1. The Morgan fingerprint density at radius 2 is 1.97 bits per heavy atom. The van der Waals surface area contributed by atoms with Gasteiger partial charge in [-0.15, -0.1) is 0 Å². The fourth-order valence-corrected chi connectivity index (χ4v) is 4.12. The van der Waals surface area contributed by atoms with E-state index < -0.39 is 0 Å². The average Bonchev–Trinajstić information content (AvgIpc) is 3.31. The summed E-state index contributed by atoms with van der Waals surface area (Å²) in [6.45, 7) is 7.34. The Morgan fingerprint density at radius 1 is 1.19 bits per heavy atom. The fraction of sp³-hybridized carbons (Fsp3) is 0.591. The van der Waals surface area contributed by atoms with Crippen molar-refractivity contribution in [3.05, 3.63) is 24.3 Å². The van der Waals surface area contributed by atoms with Crippen LogP contribution in [0.15, 0.2) is 28.8 Å². The first-order valence-electron chi connectivity index (χ1n) is 11.0. The minimum Gasteiger partial charge on any atom is -0.497 e. The number of nitrogens with zero attached hydrogens (tertiary/aromatic N) is 5. The van der Waals surface area contributed by atoms with Gasteiger partial charge in [0.25, 0.3) is 0 Å². The lowest BCUT2D eigenvalue weighted by molar-refractivity contribution is -0.125. The Labute approximate surface area is 183 Å². The van der Waals surface area contributed by atoms with E-state index in [0.29, 0.717) is 24.9 Å². The molecule has 2 aromatic rings. The van der Waals surface area contributed by atoms with Gasteiger partial charge in [0.15, 0.2) is 0 Å². The highest BCUT2D eigenvalue weighted by Gasteiger charge is 2.28. The van der Waals surface area contributed by atoms with Gasteiger partial charge in [-0.05, 0) is 44.2 Å². The number of hydrogen-bond acceptors (Lipinski definition) is 8. The SMILES string of the molecule is COc1ccc(-c2noc(N3CCC[C@H](C(=O)NCCN4CCN(C)CC4)C3)n2)cc1. The third-order valence-corrected chi connectivity index (χ3v) is 6.15. The number of benzene rings is 1. The summed E-state index contributed by atoms with van der Waals surface area (Å²) < 4.78 is 10.7. The molecule has 0 spiro atoms. The van der Waals surface area contributed by atoms with Gasteiger partial charge in [0.05, 0.1) is 13.0 Å². The largest absolute Gasteiger partial charge is 0.497 e. The summed E-state index contributed by atoms with van der Waals surface area (Å²) in [7, 11) is 3.79. The van der Waals surface area contributed by atoms with Gasteiger partial charge in [0.2, 0.25) is 11.7 Å². The van der Waals surface area contributed by atoms with Crippen LogP contribution in [0, 0.1) is 5.92 Å². The highest BCUT2D eigenvalue weighted by Crippen LogP contribution is 2.25. The molecular formula is C22H32N6O3. The van der Waals surface area contributed by atoms with E-state index in [0.717, 1.165) is 63.4 Å². The van der Waals surface area contributed by atoms with Crippen LogP contribution >= 0.6 is 0 Å². The maximum absolute atomic E-state index is 12.7. The molecule has 168 valence electrons. The Morgan fingerprint density at radius 3 is 2.71 bits per heavy atom. The van der Waals surface area contributed by atoms with Gasteiger partial charge in [-0.25, -0.2) is 0 Å². The molecule has 3 heterocycles. The van der Waals surface area contributed by atoms with Crippen LogP contribution in [0.1, 0.15) is 12.8 Å². The topological polar surface area (TPSA) is 87.0 Å². The van der Waals surface area contributed by atoms with E-state index >= 15 is 0 Å². The molecule has 31 heavy (non-hydrogen) atoms. The number of aromatic nitrogens is 2. The highest BCUT2D eigenvalue weighted by atomic mass is 16.5. The lowest BCUT2D eigenvalue weighted by Gasteiger charge is -2.33. The monoisotopic (exact) mass is 428 g/mol. The summed E-state index contributed by atoms with van der Waals surface area (Å²) >= 11 is 0. The first-order valence-corrected chi connectivity index (χ1v) is 11.0. The molecule has 1 atom stereocenters. The molecule has 0 bridgehead atoms. The number of ether oxygens (including phenoxy) is 1. The number of methoxy groups -OCH3 is 1. The van der Waals surface area contributed by atoms with E-state index in [1.807, 2.05) is 29.2 Å². The standard InChI is InChI=1S/C22H32N6O3/c1-26-12-14-27(15-13-26)11-9-23-21(29)18-4-3-10-28(16-18)22-24-20(25-31-22)17-5-7-19(30-2)8-6-17/h5-8,18H,3-4,9-16H2,1-2H3,(H,23,29)/t18-/m0/s1. The quantitative estimate of drug-likeness (QED) is 0.707. The van der Waals surface area contributed by atoms with Crippen molar-refractivity contribution in [1.82, 2.24) is 25.3 Å². The minimum absolute atomic E-state index is 0.0578. The van der Waals surface area contributed by atoms with Gasteiger partial charge in [0, 0.05) is 57.9 Å². The number of piperidine rings is 1. The van der Waals surface area contributed by atoms with Crippen molar-refractivity contribution in [3.63, 3.8) is 0 Å². The lowest BCUT2D eigenvalue weighted by atomic mass is 9.97. The summed E-state index contributed by atoms with van der Waals surface area (Å²) in [5.41, 5.74) is 0.867. The molecule has 2 aliphatic rings. The highest BCUT2D eigenvalue weighted by molar-refractivity contribution is 5.79. The van der Waals surface area contributed by atoms with Crippen molar-refractivity contribution in [2.45, 2.75) is 12.8 Å². The van der Waals surface area contributed by atoms with Crippen LogP contribution < -0.4 is 15.0 Å². The molecular weight excluding hydrogens is 396 g/mol. The Bertz CT molecular complexity index is 847. The fourth-order valence-electron chi connectivity index (χ4n) is 4.12. The number of rotatable bonds is 7. The number of carbonyl (C=O) groups is 1. The number of nitrogens with one attached hydrogen (secondary N) is 1. The molecule has 0 unspecified atom stereocenters. The molecule has 9 heteroatoms. The van der Waals surface area contributed by atoms with Crippen LogP contribution in [0.5, 0.6) is 5.75 Å². The summed E-state index contributed by atoms with van der Waals surface area (Å²) in [6, 6.07) is 8.02. The third kappa shape index (κ3) is 5.54. The number of piperazine rings is 1. The van der Waals surface area contributed by atoms with E-state index in [9.17, 15) is 4.79 Å². The van der Waals surface area contributed by atoms with Gasteiger partial charge in [-0.2, -0.15) is 4.98 Å². The molecule has 2 fully saturated rings. The van der Waals surface area contributed by atoms with E-state index in [1.165, 1.54) is 0 Å². The second-order valence-electron chi connectivity index (χ2n) is 8.35. The van der Waals surface area contributed by atoms with Crippen LogP contribution in [0.25, 0.3) is 11.4 Å². The van der Waals surface area contributed by atoms with Crippen molar-refractivity contribution in [2.75, 3.05) is 71.4 Å². The predicted octanol–water partition coefficient (Wildman–Crippen LogP) is 1.33. The molecule has 2 saturated heterocycles. The van der Waals surface area contributed by atoms with E-state index in [2.05, 4.69) is 32.3 Å². The second kappa shape index (κ2) is 10.1. The molecule has 1 amide bonds. The number of amides is 1. The predicted molar refractivity (Wildman–Crippen MR) is 118 cm³/mol. The van der Waals surface area contributed by atoms with Crippen molar-refractivity contribution in [1.29, 1.82) is 0 Å². The average molecular weight is 429 g/mol. The first-order chi connectivity index (χ1) is 15.1. The molecule has 0 aliphatic carbocycles. The summed E-state index contributed by atoms with van der Waals surface area (Å²) in [4.78, 5) is 24.0. The zero-order valence-corrected chi connectivity index (χ0v) is 18.4. The van der Waals surface area contributed by atoms with Gasteiger partial charge in [0.1, 0.15) is 5.75 Å². The summed E-state index contributed by atoms with van der Waals surface area (Å²) in [5, 5.41) is 7.24.